The van der Waals surface area contributed by atoms with Crippen molar-refractivity contribution in [2.24, 2.45) is 10.8 Å². The molecule has 2 saturated heterocycles. The number of hydrogen-bond acceptors (Lipinski definition) is 3. The van der Waals surface area contributed by atoms with Gasteiger partial charge < -0.3 is 15.0 Å². The van der Waals surface area contributed by atoms with Gasteiger partial charge in [0.1, 0.15) is 0 Å². The first-order valence-corrected chi connectivity index (χ1v) is 8.21. The van der Waals surface area contributed by atoms with Gasteiger partial charge in [-0.25, -0.2) is 0 Å². The third-order valence-corrected chi connectivity index (χ3v) is 5.88. The molecule has 3 nitrogen and oxygen atoms in total. The maximum absolute atomic E-state index is 5.68. The number of rotatable bonds is 4. The molecule has 0 aromatic carbocycles. The quantitative estimate of drug-likeness (QED) is 0.845. The van der Waals surface area contributed by atoms with E-state index in [0.717, 1.165) is 25.2 Å². The molecule has 1 aliphatic carbocycles. The lowest BCUT2D eigenvalue weighted by Gasteiger charge is -2.42. The maximum atomic E-state index is 5.68. The Bertz CT molecular complexity index is 283. The lowest BCUT2D eigenvalue weighted by Crippen LogP contribution is -2.48. The van der Waals surface area contributed by atoms with E-state index in [2.05, 4.69) is 17.3 Å². The number of piperidine rings is 1. The van der Waals surface area contributed by atoms with Crippen molar-refractivity contribution in [3.63, 3.8) is 0 Å². The van der Waals surface area contributed by atoms with Crippen molar-refractivity contribution in [3.8, 4) is 0 Å². The molecule has 1 unspecified atom stereocenters. The summed E-state index contributed by atoms with van der Waals surface area (Å²) in [6.07, 6.45) is 10.1. The SMILES string of the molecule is CNCC1(CN2CCC3(CCCC3)CC2)CCOC1. The van der Waals surface area contributed by atoms with Crippen LogP contribution in [0.15, 0.2) is 0 Å². The minimum atomic E-state index is 0.384. The first-order valence-electron chi connectivity index (χ1n) is 8.21. The molecule has 2 aliphatic heterocycles. The second-order valence-electron chi connectivity index (χ2n) is 7.32. The normalized spacial score (nSPS) is 35.2. The molecule has 0 aromatic rings. The van der Waals surface area contributed by atoms with Crippen molar-refractivity contribution in [1.29, 1.82) is 0 Å². The fourth-order valence-corrected chi connectivity index (χ4v) is 4.63. The van der Waals surface area contributed by atoms with E-state index in [1.54, 1.807) is 0 Å². The average Bonchev–Trinajstić information content (AvgIpc) is 3.04. The van der Waals surface area contributed by atoms with E-state index in [1.807, 2.05) is 0 Å². The van der Waals surface area contributed by atoms with E-state index < -0.39 is 0 Å². The summed E-state index contributed by atoms with van der Waals surface area (Å²) in [7, 11) is 2.07. The summed E-state index contributed by atoms with van der Waals surface area (Å²) in [5.41, 5.74) is 1.13. The minimum Gasteiger partial charge on any atom is -0.381 e. The van der Waals surface area contributed by atoms with E-state index >= 15 is 0 Å². The van der Waals surface area contributed by atoms with Crippen LogP contribution in [-0.2, 0) is 4.74 Å². The first-order chi connectivity index (χ1) is 9.26. The zero-order valence-electron chi connectivity index (χ0n) is 12.5. The molecular weight excluding hydrogens is 236 g/mol. The predicted octanol–water partition coefficient (Wildman–Crippen LogP) is 2.27. The molecule has 3 heteroatoms. The second-order valence-corrected chi connectivity index (χ2v) is 7.32. The molecule has 2 heterocycles. The van der Waals surface area contributed by atoms with Crippen molar-refractivity contribution in [2.75, 3.05) is 46.4 Å². The van der Waals surface area contributed by atoms with E-state index in [-0.39, 0.29) is 0 Å². The van der Waals surface area contributed by atoms with Gasteiger partial charge in [0.05, 0.1) is 6.61 Å². The number of hydrogen-bond donors (Lipinski definition) is 1. The molecule has 19 heavy (non-hydrogen) atoms. The van der Waals surface area contributed by atoms with Crippen LogP contribution >= 0.6 is 0 Å². The Labute approximate surface area is 118 Å². The van der Waals surface area contributed by atoms with Gasteiger partial charge in [0, 0.05) is 25.1 Å². The Morgan fingerprint density at radius 3 is 2.37 bits per heavy atom. The summed E-state index contributed by atoms with van der Waals surface area (Å²) < 4.78 is 5.68. The van der Waals surface area contributed by atoms with Gasteiger partial charge in [-0.15, -0.1) is 0 Å². The van der Waals surface area contributed by atoms with Crippen LogP contribution < -0.4 is 5.32 Å². The highest BCUT2D eigenvalue weighted by atomic mass is 16.5. The lowest BCUT2D eigenvalue weighted by molar-refractivity contribution is 0.0592. The molecule has 1 atom stereocenters. The van der Waals surface area contributed by atoms with Gasteiger partial charge in [0.15, 0.2) is 0 Å². The van der Waals surface area contributed by atoms with Gasteiger partial charge >= 0.3 is 0 Å². The fourth-order valence-electron chi connectivity index (χ4n) is 4.63. The summed E-state index contributed by atoms with van der Waals surface area (Å²) in [6.45, 7) is 6.91. The summed E-state index contributed by atoms with van der Waals surface area (Å²) in [5, 5.41) is 3.38. The van der Waals surface area contributed by atoms with E-state index in [0.29, 0.717) is 5.41 Å². The summed E-state index contributed by atoms with van der Waals surface area (Å²) in [4.78, 5) is 2.72. The Morgan fingerprint density at radius 2 is 1.79 bits per heavy atom. The second kappa shape index (κ2) is 5.71. The van der Waals surface area contributed by atoms with Crippen LogP contribution in [-0.4, -0.2) is 51.3 Å². The topological polar surface area (TPSA) is 24.5 Å². The highest BCUT2D eigenvalue weighted by Gasteiger charge is 2.40. The number of nitrogens with zero attached hydrogens (tertiary/aromatic N) is 1. The Balaban J connectivity index is 1.53. The summed E-state index contributed by atoms with van der Waals surface area (Å²) in [5.74, 6) is 0. The predicted molar refractivity (Wildman–Crippen MR) is 78.4 cm³/mol. The molecule has 0 amide bonds. The summed E-state index contributed by atoms with van der Waals surface area (Å²) >= 11 is 0. The molecule has 1 saturated carbocycles. The van der Waals surface area contributed by atoms with Crippen LogP contribution in [0.25, 0.3) is 0 Å². The Hall–Kier alpha value is -0.120. The minimum absolute atomic E-state index is 0.384. The summed E-state index contributed by atoms with van der Waals surface area (Å²) in [6, 6.07) is 0. The molecule has 110 valence electrons. The van der Waals surface area contributed by atoms with Crippen molar-refractivity contribution in [3.05, 3.63) is 0 Å². The van der Waals surface area contributed by atoms with Gasteiger partial charge in [-0.05, 0) is 57.7 Å². The van der Waals surface area contributed by atoms with E-state index in [9.17, 15) is 0 Å². The van der Waals surface area contributed by atoms with Gasteiger partial charge in [0.2, 0.25) is 0 Å². The van der Waals surface area contributed by atoms with Crippen LogP contribution in [0.5, 0.6) is 0 Å². The van der Waals surface area contributed by atoms with Gasteiger partial charge in [0.25, 0.3) is 0 Å². The van der Waals surface area contributed by atoms with Crippen LogP contribution in [0.1, 0.15) is 44.9 Å². The van der Waals surface area contributed by atoms with E-state index in [4.69, 9.17) is 4.74 Å². The van der Waals surface area contributed by atoms with Crippen LogP contribution in [0, 0.1) is 10.8 Å². The highest BCUT2D eigenvalue weighted by Crippen LogP contribution is 2.46. The third kappa shape index (κ3) is 2.98. The zero-order valence-corrected chi connectivity index (χ0v) is 12.5. The fraction of sp³-hybridized carbons (Fsp3) is 1.00. The molecule has 1 N–H and O–H groups in total. The van der Waals surface area contributed by atoms with Crippen molar-refractivity contribution >= 4 is 0 Å². The molecular formula is C16H30N2O. The largest absolute Gasteiger partial charge is 0.381 e. The molecule has 0 bridgehead atoms. The molecule has 0 radical (unpaired) electrons. The van der Waals surface area contributed by atoms with Crippen molar-refractivity contribution < 1.29 is 4.74 Å². The number of ether oxygens (including phenoxy) is 1. The number of nitrogens with one attached hydrogen (secondary N) is 1. The van der Waals surface area contributed by atoms with Crippen molar-refractivity contribution in [1.82, 2.24) is 10.2 Å². The van der Waals surface area contributed by atoms with Crippen LogP contribution in [0.2, 0.25) is 0 Å². The molecule has 3 fully saturated rings. The van der Waals surface area contributed by atoms with Crippen LogP contribution in [0.3, 0.4) is 0 Å². The Morgan fingerprint density at radius 1 is 1.05 bits per heavy atom. The van der Waals surface area contributed by atoms with Gasteiger partial charge in [-0.1, -0.05) is 12.8 Å². The lowest BCUT2D eigenvalue weighted by atomic mass is 9.76. The number of likely N-dealkylation sites (tertiary alicyclic amines) is 1. The van der Waals surface area contributed by atoms with Gasteiger partial charge in [-0.2, -0.15) is 0 Å². The third-order valence-electron chi connectivity index (χ3n) is 5.88. The monoisotopic (exact) mass is 266 g/mol. The van der Waals surface area contributed by atoms with Crippen molar-refractivity contribution in [2.45, 2.75) is 44.9 Å². The standard InChI is InChI=1S/C16H30N2O/c1-17-12-16(8-11-19-14-16)13-18-9-6-15(7-10-18)4-2-3-5-15/h17H,2-14H2,1H3. The van der Waals surface area contributed by atoms with Gasteiger partial charge in [-0.3, -0.25) is 0 Å². The molecule has 3 rings (SSSR count). The average molecular weight is 266 g/mol. The molecule has 3 aliphatic rings. The first kappa shape index (κ1) is 13.8. The maximum Gasteiger partial charge on any atom is 0.0547 e. The zero-order chi connectivity index (χ0) is 13.2. The smallest absolute Gasteiger partial charge is 0.0547 e. The Kier molecular flexibility index (Phi) is 4.16. The molecule has 1 spiro atoms. The van der Waals surface area contributed by atoms with E-state index in [1.165, 1.54) is 64.6 Å². The molecule has 0 aromatic heterocycles. The highest BCUT2D eigenvalue weighted by molar-refractivity contribution is 4.93. The van der Waals surface area contributed by atoms with Crippen LogP contribution in [0.4, 0.5) is 0 Å².